The van der Waals surface area contributed by atoms with Crippen molar-refractivity contribution < 1.29 is 33.4 Å². The Hall–Kier alpha value is -3.47. The van der Waals surface area contributed by atoms with Crippen molar-refractivity contribution in [2.75, 3.05) is 19.0 Å². The highest BCUT2D eigenvalue weighted by Gasteiger charge is 2.36. The topological polar surface area (TPSA) is 116 Å². The van der Waals surface area contributed by atoms with Crippen LogP contribution in [-0.4, -0.2) is 52.8 Å². The van der Waals surface area contributed by atoms with Crippen molar-refractivity contribution in [2.24, 2.45) is 0 Å². The summed E-state index contributed by atoms with van der Waals surface area (Å²) in [7, 11) is 0. The third kappa shape index (κ3) is 7.78. The van der Waals surface area contributed by atoms with Crippen LogP contribution in [0.5, 0.6) is 0 Å². The highest BCUT2D eigenvalue weighted by Crippen LogP contribution is 2.27. The van der Waals surface area contributed by atoms with Crippen molar-refractivity contribution in [3.05, 3.63) is 70.0 Å². The van der Waals surface area contributed by atoms with Crippen molar-refractivity contribution in [1.82, 2.24) is 4.90 Å². The van der Waals surface area contributed by atoms with E-state index >= 15 is 0 Å². The Balaban J connectivity index is 2.10. The normalized spacial score (nSPS) is 12.3. The molecule has 9 nitrogen and oxygen atoms in total. The molecule has 2 aromatic carbocycles. The first-order valence-corrected chi connectivity index (χ1v) is 11.5. The molecule has 0 N–H and O–H groups in total. The summed E-state index contributed by atoms with van der Waals surface area (Å²) >= 11 is 4.11. The lowest BCUT2D eigenvalue weighted by atomic mass is 9.95. The number of benzene rings is 2. The van der Waals surface area contributed by atoms with Crippen LogP contribution < -0.4 is 0 Å². The van der Waals surface area contributed by atoms with Gasteiger partial charge in [-0.2, -0.15) is 12.6 Å². The first-order chi connectivity index (χ1) is 16.7. The lowest BCUT2D eigenvalue weighted by Crippen LogP contribution is -2.51. The van der Waals surface area contributed by atoms with Gasteiger partial charge in [-0.05, 0) is 37.0 Å². The van der Waals surface area contributed by atoms with Crippen LogP contribution in [0.25, 0.3) is 11.1 Å². The summed E-state index contributed by atoms with van der Waals surface area (Å²) in [4.78, 5) is 53.2. The monoisotopic (exact) mass is 506 g/mol. The van der Waals surface area contributed by atoms with Gasteiger partial charge in [-0.1, -0.05) is 42.5 Å². The number of halogens is 1. The molecule has 2 aromatic rings. The second-order valence-corrected chi connectivity index (χ2v) is 8.05. The molecule has 0 aliphatic heterocycles. The number of unbranched alkanes of at least 4 members (excludes halogenated alkanes) is 1. The fourth-order valence-corrected chi connectivity index (χ4v) is 3.72. The van der Waals surface area contributed by atoms with Crippen LogP contribution in [-0.2, 0) is 24.0 Å². The van der Waals surface area contributed by atoms with E-state index in [1.165, 1.54) is 13.0 Å². The largest absolute Gasteiger partial charge is 0.464 e. The van der Waals surface area contributed by atoms with E-state index in [0.717, 1.165) is 11.8 Å². The quantitative estimate of drug-likeness (QED) is 0.153. The first-order valence-electron chi connectivity index (χ1n) is 10.9. The Bertz CT molecular complexity index is 1050. The zero-order valence-electron chi connectivity index (χ0n) is 19.4. The third-order valence-corrected chi connectivity index (χ3v) is 5.61. The second kappa shape index (κ2) is 13.4. The molecule has 2 amide bonds. The number of hydrogen-bond donors (Lipinski definition) is 1. The number of rotatable bonds is 12. The average molecular weight is 507 g/mol. The molecule has 0 fully saturated rings. The number of ether oxygens (including phenoxy) is 1. The van der Waals surface area contributed by atoms with E-state index < -0.39 is 40.6 Å². The van der Waals surface area contributed by atoms with E-state index in [4.69, 9.17) is 4.74 Å². The minimum atomic E-state index is -1.28. The fourth-order valence-electron chi connectivity index (χ4n) is 3.41. The van der Waals surface area contributed by atoms with Crippen LogP contribution in [0.1, 0.15) is 38.2 Å². The number of amides is 2. The van der Waals surface area contributed by atoms with Crippen molar-refractivity contribution in [3.8, 4) is 11.1 Å². The van der Waals surface area contributed by atoms with Crippen LogP contribution >= 0.6 is 12.6 Å². The molecular formula is C24H27FN2O7S. The summed E-state index contributed by atoms with van der Waals surface area (Å²) in [6.07, 6.45) is 0.563. The van der Waals surface area contributed by atoms with Gasteiger partial charge in [-0.3, -0.25) is 14.5 Å². The Kier molecular flexibility index (Phi) is 10.7. The molecule has 1 unspecified atom stereocenters. The molecule has 0 heterocycles. The number of nitrogens with zero attached hydrogens (tertiary/aromatic N) is 2. The average Bonchev–Trinajstić information content (AvgIpc) is 2.83. The number of esters is 1. The van der Waals surface area contributed by atoms with Gasteiger partial charge in [0.1, 0.15) is 11.9 Å². The van der Waals surface area contributed by atoms with Crippen molar-refractivity contribution in [2.45, 2.75) is 38.6 Å². The molecule has 35 heavy (non-hydrogen) atoms. The molecule has 2 rings (SSSR count). The Morgan fingerprint density at radius 3 is 2.34 bits per heavy atom. The van der Waals surface area contributed by atoms with Gasteiger partial charge in [0.05, 0.1) is 19.1 Å². The minimum Gasteiger partial charge on any atom is -0.464 e. The highest BCUT2D eigenvalue weighted by molar-refractivity contribution is 7.80. The van der Waals surface area contributed by atoms with Gasteiger partial charge in [0.15, 0.2) is 0 Å². The molecule has 0 radical (unpaired) electrons. The predicted octanol–water partition coefficient (Wildman–Crippen LogP) is 3.80. The van der Waals surface area contributed by atoms with Crippen LogP contribution in [0.2, 0.25) is 0 Å². The molecule has 0 saturated carbocycles. The Labute approximate surface area is 207 Å². The third-order valence-electron chi connectivity index (χ3n) is 5.26. The van der Waals surface area contributed by atoms with Crippen molar-refractivity contribution in [3.63, 3.8) is 0 Å². The summed E-state index contributed by atoms with van der Waals surface area (Å²) in [5.41, 5.74) is 1.40. The SMILES string of the molecule is CC(=O)N(C(=O)C(C)c1ccc(-c2ccccc2)c(F)c1)[C@H](CS)C(=O)OCCCCO[N+](=O)[O-]. The van der Waals surface area contributed by atoms with Gasteiger partial charge in [0.25, 0.3) is 5.09 Å². The van der Waals surface area contributed by atoms with Gasteiger partial charge in [0.2, 0.25) is 11.8 Å². The predicted molar refractivity (Wildman–Crippen MR) is 129 cm³/mol. The first kappa shape index (κ1) is 27.8. The Morgan fingerprint density at radius 2 is 1.77 bits per heavy atom. The number of hydrogen-bond acceptors (Lipinski definition) is 8. The fraction of sp³-hybridized carbons (Fsp3) is 0.375. The van der Waals surface area contributed by atoms with Gasteiger partial charge in [-0.25, -0.2) is 9.18 Å². The molecule has 0 aliphatic rings. The number of carbonyl (C=O) groups is 3. The van der Waals surface area contributed by atoms with Gasteiger partial charge >= 0.3 is 5.97 Å². The summed E-state index contributed by atoms with van der Waals surface area (Å²) in [5, 5.41) is 9.21. The van der Waals surface area contributed by atoms with Crippen LogP contribution in [0.4, 0.5) is 4.39 Å². The van der Waals surface area contributed by atoms with Crippen molar-refractivity contribution in [1.29, 1.82) is 0 Å². The van der Waals surface area contributed by atoms with E-state index in [1.807, 2.05) is 6.07 Å². The van der Waals surface area contributed by atoms with E-state index in [1.54, 1.807) is 36.4 Å². The molecular weight excluding hydrogens is 479 g/mol. The summed E-state index contributed by atoms with van der Waals surface area (Å²) in [6.45, 7) is 2.44. The summed E-state index contributed by atoms with van der Waals surface area (Å²) in [5.74, 6) is -3.83. The molecule has 188 valence electrons. The minimum absolute atomic E-state index is 0.0775. The molecule has 0 aliphatic carbocycles. The van der Waals surface area contributed by atoms with Crippen LogP contribution in [0, 0.1) is 15.9 Å². The number of carbonyl (C=O) groups excluding carboxylic acids is 3. The second-order valence-electron chi connectivity index (χ2n) is 7.68. The molecule has 11 heteroatoms. The highest BCUT2D eigenvalue weighted by atomic mass is 32.1. The van der Waals surface area contributed by atoms with Gasteiger partial charge in [0, 0.05) is 18.2 Å². The zero-order chi connectivity index (χ0) is 26.0. The molecule has 0 spiro atoms. The maximum atomic E-state index is 14.8. The van der Waals surface area contributed by atoms with E-state index in [2.05, 4.69) is 17.5 Å². The number of imide groups is 1. The number of thiol groups is 1. The van der Waals surface area contributed by atoms with Gasteiger partial charge in [-0.15, -0.1) is 10.1 Å². The van der Waals surface area contributed by atoms with Gasteiger partial charge < -0.3 is 9.57 Å². The van der Waals surface area contributed by atoms with Crippen LogP contribution in [0.15, 0.2) is 48.5 Å². The summed E-state index contributed by atoms with van der Waals surface area (Å²) in [6, 6.07) is 12.1. The smallest absolute Gasteiger partial charge is 0.330 e. The molecule has 0 bridgehead atoms. The van der Waals surface area contributed by atoms with Crippen molar-refractivity contribution >= 4 is 30.4 Å². The molecule has 2 atom stereocenters. The standard InChI is InChI=1S/C24H27FN2O7S/c1-16(19-10-11-20(21(25)14-19)18-8-4-3-5-9-18)23(29)26(17(2)28)22(15-35)24(30)33-12-6-7-13-34-27(31)32/h3-5,8-11,14,16,22,35H,6-7,12-13,15H2,1-2H3/t16?,22-/m1/s1. The van der Waals surface area contributed by atoms with E-state index in [0.29, 0.717) is 16.7 Å². The zero-order valence-corrected chi connectivity index (χ0v) is 20.3. The van der Waals surface area contributed by atoms with Crippen LogP contribution in [0.3, 0.4) is 0 Å². The lowest BCUT2D eigenvalue weighted by Gasteiger charge is -2.29. The lowest BCUT2D eigenvalue weighted by molar-refractivity contribution is -0.757. The maximum absolute atomic E-state index is 14.8. The molecule has 0 saturated heterocycles. The Morgan fingerprint density at radius 1 is 1.11 bits per heavy atom. The summed E-state index contributed by atoms with van der Waals surface area (Å²) < 4.78 is 20.0. The van der Waals surface area contributed by atoms with E-state index in [9.17, 15) is 28.9 Å². The van der Waals surface area contributed by atoms with E-state index in [-0.39, 0.29) is 31.8 Å². The maximum Gasteiger partial charge on any atom is 0.330 e. The molecule has 0 aromatic heterocycles.